The summed E-state index contributed by atoms with van der Waals surface area (Å²) < 4.78 is 0. The Kier molecular flexibility index (Phi) is 3.06. The van der Waals surface area contributed by atoms with Crippen molar-refractivity contribution in [3.8, 4) is 11.5 Å². The van der Waals surface area contributed by atoms with E-state index in [1.807, 2.05) is 6.07 Å². The van der Waals surface area contributed by atoms with Crippen LogP contribution in [0, 0.1) is 13.8 Å². The van der Waals surface area contributed by atoms with Gasteiger partial charge in [0.15, 0.2) is 5.78 Å². The van der Waals surface area contributed by atoms with Crippen LogP contribution in [0.3, 0.4) is 0 Å². The number of hydrogen-bond acceptors (Lipinski definition) is 3. The normalized spacial score (nSPS) is 10.3. The lowest BCUT2D eigenvalue weighted by Crippen LogP contribution is -2.05. The van der Waals surface area contributed by atoms with Crippen LogP contribution in [0.25, 0.3) is 0 Å². The standard InChI is InChI=1S/C15H14O3/c1-9-8-12(16)10(2)14(17)13(9)15(18)11-6-4-3-5-7-11/h3-8,16-17H,1-2H3. The molecule has 0 amide bonds. The monoisotopic (exact) mass is 242 g/mol. The second-order valence-electron chi connectivity index (χ2n) is 4.26. The molecular formula is C15H14O3. The van der Waals surface area contributed by atoms with Crippen LogP contribution in [0.15, 0.2) is 36.4 Å². The Hall–Kier alpha value is -2.29. The van der Waals surface area contributed by atoms with Crippen LogP contribution in [-0.4, -0.2) is 16.0 Å². The fourth-order valence-electron chi connectivity index (χ4n) is 1.90. The van der Waals surface area contributed by atoms with Gasteiger partial charge in [0.25, 0.3) is 0 Å². The van der Waals surface area contributed by atoms with Crippen LogP contribution < -0.4 is 0 Å². The number of ketones is 1. The molecule has 2 rings (SSSR count). The van der Waals surface area contributed by atoms with Gasteiger partial charge in [-0.05, 0) is 25.5 Å². The van der Waals surface area contributed by atoms with Crippen molar-refractivity contribution in [3.63, 3.8) is 0 Å². The molecule has 2 N–H and O–H groups in total. The van der Waals surface area contributed by atoms with Crippen molar-refractivity contribution in [1.82, 2.24) is 0 Å². The molecule has 0 saturated heterocycles. The smallest absolute Gasteiger partial charge is 0.197 e. The van der Waals surface area contributed by atoms with Crippen molar-refractivity contribution in [1.29, 1.82) is 0 Å². The first kappa shape index (κ1) is 12.2. The largest absolute Gasteiger partial charge is 0.508 e. The molecule has 3 nitrogen and oxygen atoms in total. The summed E-state index contributed by atoms with van der Waals surface area (Å²) in [6, 6.07) is 10.3. The summed E-state index contributed by atoms with van der Waals surface area (Å²) in [6.45, 7) is 3.26. The van der Waals surface area contributed by atoms with Gasteiger partial charge in [0, 0.05) is 11.1 Å². The van der Waals surface area contributed by atoms with Gasteiger partial charge in [-0.15, -0.1) is 0 Å². The number of carbonyl (C=O) groups excluding carboxylic acids is 1. The van der Waals surface area contributed by atoms with E-state index in [1.54, 1.807) is 38.1 Å². The Balaban J connectivity index is 2.59. The van der Waals surface area contributed by atoms with Crippen LogP contribution in [0.5, 0.6) is 11.5 Å². The lowest BCUT2D eigenvalue weighted by atomic mass is 9.95. The molecule has 0 aliphatic carbocycles. The van der Waals surface area contributed by atoms with Crippen LogP contribution in [0.2, 0.25) is 0 Å². The van der Waals surface area contributed by atoms with Crippen LogP contribution >= 0.6 is 0 Å². The first-order valence-corrected chi connectivity index (χ1v) is 5.64. The Morgan fingerprint density at radius 1 is 1.06 bits per heavy atom. The highest BCUT2D eigenvalue weighted by molar-refractivity contribution is 6.12. The summed E-state index contributed by atoms with van der Waals surface area (Å²) in [5.41, 5.74) is 1.64. The highest BCUT2D eigenvalue weighted by Crippen LogP contribution is 2.33. The Bertz CT molecular complexity index is 601. The predicted molar refractivity (Wildman–Crippen MR) is 69.1 cm³/mol. The summed E-state index contributed by atoms with van der Waals surface area (Å²) in [6.07, 6.45) is 0. The lowest BCUT2D eigenvalue weighted by molar-refractivity contribution is 0.103. The summed E-state index contributed by atoms with van der Waals surface area (Å²) in [5.74, 6) is -0.398. The molecule has 0 spiro atoms. The summed E-state index contributed by atoms with van der Waals surface area (Å²) >= 11 is 0. The first-order chi connectivity index (χ1) is 8.52. The van der Waals surface area contributed by atoms with Crippen molar-refractivity contribution in [2.24, 2.45) is 0 Å². The molecule has 18 heavy (non-hydrogen) atoms. The Morgan fingerprint density at radius 3 is 2.28 bits per heavy atom. The van der Waals surface area contributed by atoms with Gasteiger partial charge in [0.2, 0.25) is 0 Å². The van der Waals surface area contributed by atoms with E-state index in [0.29, 0.717) is 16.7 Å². The number of aromatic hydroxyl groups is 2. The van der Waals surface area contributed by atoms with E-state index in [-0.39, 0.29) is 22.8 Å². The first-order valence-electron chi connectivity index (χ1n) is 5.64. The number of carbonyl (C=O) groups is 1. The molecule has 0 aliphatic heterocycles. The molecule has 0 fully saturated rings. The highest BCUT2D eigenvalue weighted by Gasteiger charge is 2.19. The summed E-state index contributed by atoms with van der Waals surface area (Å²) in [5, 5.41) is 19.6. The zero-order valence-electron chi connectivity index (χ0n) is 10.3. The maximum absolute atomic E-state index is 12.3. The second-order valence-corrected chi connectivity index (χ2v) is 4.26. The van der Waals surface area contributed by atoms with Crippen molar-refractivity contribution in [2.45, 2.75) is 13.8 Å². The van der Waals surface area contributed by atoms with E-state index in [0.717, 1.165) is 0 Å². The molecule has 0 heterocycles. The molecule has 0 aliphatic rings. The average molecular weight is 242 g/mol. The van der Waals surface area contributed by atoms with Gasteiger partial charge in [-0.1, -0.05) is 30.3 Å². The molecule has 0 radical (unpaired) electrons. The minimum Gasteiger partial charge on any atom is -0.508 e. The van der Waals surface area contributed by atoms with Crippen LogP contribution in [0.4, 0.5) is 0 Å². The predicted octanol–water partition coefficient (Wildman–Crippen LogP) is 2.95. The number of hydrogen-bond donors (Lipinski definition) is 2. The van der Waals surface area contributed by atoms with E-state index in [2.05, 4.69) is 0 Å². The van der Waals surface area contributed by atoms with Gasteiger partial charge in [0.1, 0.15) is 11.5 Å². The molecular weight excluding hydrogens is 228 g/mol. The lowest BCUT2D eigenvalue weighted by Gasteiger charge is -2.11. The van der Waals surface area contributed by atoms with Crippen molar-refractivity contribution >= 4 is 5.78 Å². The van der Waals surface area contributed by atoms with E-state index < -0.39 is 0 Å². The third kappa shape index (κ3) is 1.95. The summed E-state index contributed by atoms with van der Waals surface area (Å²) in [4.78, 5) is 12.3. The van der Waals surface area contributed by atoms with E-state index in [4.69, 9.17) is 0 Å². The van der Waals surface area contributed by atoms with Gasteiger partial charge >= 0.3 is 0 Å². The van der Waals surface area contributed by atoms with Crippen molar-refractivity contribution < 1.29 is 15.0 Å². The fourth-order valence-corrected chi connectivity index (χ4v) is 1.90. The average Bonchev–Trinajstić information content (AvgIpc) is 2.37. The maximum atomic E-state index is 12.3. The van der Waals surface area contributed by atoms with Gasteiger partial charge in [-0.2, -0.15) is 0 Å². The topological polar surface area (TPSA) is 57.5 Å². The highest BCUT2D eigenvalue weighted by atomic mass is 16.3. The van der Waals surface area contributed by atoms with Gasteiger partial charge < -0.3 is 10.2 Å². The molecule has 0 bridgehead atoms. The molecule has 0 unspecified atom stereocenters. The van der Waals surface area contributed by atoms with E-state index in [9.17, 15) is 15.0 Å². The summed E-state index contributed by atoms with van der Waals surface area (Å²) in [7, 11) is 0. The molecule has 3 heteroatoms. The third-order valence-corrected chi connectivity index (χ3v) is 2.99. The van der Waals surface area contributed by atoms with Gasteiger partial charge in [-0.25, -0.2) is 0 Å². The Morgan fingerprint density at radius 2 is 1.67 bits per heavy atom. The number of benzene rings is 2. The quantitative estimate of drug-likeness (QED) is 0.796. The number of phenolic OH excluding ortho intramolecular Hbond substituents is 2. The zero-order valence-corrected chi connectivity index (χ0v) is 10.3. The molecule has 0 atom stereocenters. The minimum absolute atomic E-state index is 0.00499. The second kappa shape index (κ2) is 4.53. The van der Waals surface area contributed by atoms with Crippen molar-refractivity contribution in [3.05, 3.63) is 58.7 Å². The third-order valence-electron chi connectivity index (χ3n) is 2.99. The minimum atomic E-state index is -0.242. The van der Waals surface area contributed by atoms with E-state index >= 15 is 0 Å². The number of phenols is 2. The van der Waals surface area contributed by atoms with Gasteiger partial charge in [0.05, 0.1) is 5.56 Å². The maximum Gasteiger partial charge on any atom is 0.197 e. The Labute approximate surface area is 105 Å². The molecule has 2 aromatic rings. The van der Waals surface area contributed by atoms with Crippen LogP contribution in [-0.2, 0) is 0 Å². The molecule has 0 aromatic heterocycles. The number of rotatable bonds is 2. The van der Waals surface area contributed by atoms with Gasteiger partial charge in [-0.3, -0.25) is 4.79 Å². The molecule has 0 saturated carbocycles. The molecule has 92 valence electrons. The van der Waals surface area contributed by atoms with E-state index in [1.165, 1.54) is 6.07 Å². The SMILES string of the molecule is Cc1cc(O)c(C)c(O)c1C(=O)c1ccccc1. The van der Waals surface area contributed by atoms with Crippen LogP contribution in [0.1, 0.15) is 27.0 Å². The van der Waals surface area contributed by atoms with Crippen molar-refractivity contribution in [2.75, 3.05) is 0 Å². The molecule has 2 aromatic carbocycles. The number of aryl methyl sites for hydroxylation is 1. The fraction of sp³-hybridized carbons (Fsp3) is 0.133. The zero-order chi connectivity index (χ0) is 13.3.